The van der Waals surface area contributed by atoms with Crippen molar-refractivity contribution in [2.45, 2.75) is 9.79 Å². The van der Waals surface area contributed by atoms with Crippen molar-refractivity contribution in [3.63, 3.8) is 0 Å². The molecule has 0 heterocycles. The fourth-order valence-electron chi connectivity index (χ4n) is 1.69. The predicted octanol–water partition coefficient (Wildman–Crippen LogP) is -4.68. The Bertz CT molecular complexity index is 760. The third-order valence-corrected chi connectivity index (χ3v) is 5.25. The Morgan fingerprint density at radius 1 is 0.650 bits per heavy atom. The molecule has 20 heavy (non-hydrogen) atoms. The minimum absolute atomic E-state index is 0. The molecule has 0 radical (unpaired) electrons. The summed E-state index contributed by atoms with van der Waals surface area (Å²) in [5.74, 6) is 0. The molecule has 0 aromatic heterocycles. The molecule has 0 atom stereocenters. The minimum atomic E-state index is -3.84. The number of benzene rings is 2. The molecule has 2 aromatic rings. The van der Waals surface area contributed by atoms with Gasteiger partial charge in [0.25, 0.3) is 0 Å². The first-order valence-corrected chi connectivity index (χ1v) is 9.46. The molecule has 0 unspecified atom stereocenters. The molecule has 10 heteroatoms. The largest absolute Gasteiger partial charge is 1.00 e. The Labute approximate surface area is 171 Å². The van der Waals surface area contributed by atoms with E-state index in [2.05, 4.69) is 23.3 Å². The molecule has 0 saturated heterocycles. The third-order valence-electron chi connectivity index (χ3n) is 2.38. The van der Waals surface area contributed by atoms with E-state index >= 15 is 0 Å². The van der Waals surface area contributed by atoms with E-state index < -0.39 is 17.7 Å². The first kappa shape index (κ1) is 21.3. The summed E-state index contributed by atoms with van der Waals surface area (Å²) >= 11 is 8.82. The van der Waals surface area contributed by atoms with Crippen LogP contribution in [0.4, 0.5) is 0 Å². The maximum Gasteiger partial charge on any atom is 1.00 e. The Balaban J connectivity index is 0.00000180. The van der Waals surface area contributed by atoms with Crippen molar-refractivity contribution in [3.05, 3.63) is 36.4 Å². The van der Waals surface area contributed by atoms with Gasteiger partial charge < -0.3 is 23.3 Å². The van der Waals surface area contributed by atoms with E-state index in [-0.39, 0.29) is 79.7 Å². The standard InChI is InChI=1S/C10H8O4S4.2Na/c11-17(12,15)9-5-1-3-7-8(9)4-2-6-10(7)18(13,14)16;;/h1-6H,(H,11,12,15)(H,13,14,16);;/q;2*+1/p-2. The molecule has 0 fully saturated rings. The van der Waals surface area contributed by atoms with E-state index in [0.29, 0.717) is 0 Å². The van der Waals surface area contributed by atoms with E-state index in [0.717, 1.165) is 0 Å². The van der Waals surface area contributed by atoms with E-state index in [9.17, 15) is 16.8 Å². The molecule has 96 valence electrons. The molecule has 0 amide bonds. The molecular weight excluding hydrogens is 358 g/mol. The van der Waals surface area contributed by atoms with Gasteiger partial charge in [0.2, 0.25) is 0 Å². The van der Waals surface area contributed by atoms with Crippen molar-refractivity contribution >= 4 is 51.8 Å². The first-order chi connectivity index (χ1) is 8.21. The molecule has 0 aliphatic heterocycles. The zero-order valence-corrected chi connectivity index (χ0v) is 18.0. The monoisotopic (exact) mass is 364 g/mol. The van der Waals surface area contributed by atoms with Crippen molar-refractivity contribution in [1.82, 2.24) is 0 Å². The third kappa shape index (κ3) is 4.65. The van der Waals surface area contributed by atoms with E-state index in [1.165, 1.54) is 36.4 Å². The van der Waals surface area contributed by atoms with Gasteiger partial charge in [0.15, 0.2) is 0 Å². The Hall–Kier alpha value is 1.30. The van der Waals surface area contributed by atoms with Crippen LogP contribution >= 0.6 is 0 Å². The number of hydrogen-bond acceptors (Lipinski definition) is 6. The summed E-state index contributed by atoms with van der Waals surface area (Å²) in [5, 5.41) is 0.525. The average molecular weight is 364 g/mol. The van der Waals surface area contributed by atoms with Crippen molar-refractivity contribution in [2.24, 2.45) is 0 Å². The first-order valence-electron chi connectivity index (χ1n) is 4.65. The van der Waals surface area contributed by atoms with Crippen molar-refractivity contribution < 1.29 is 76.0 Å². The quantitative estimate of drug-likeness (QED) is 0.303. The fourth-order valence-corrected chi connectivity index (χ4v) is 3.95. The van der Waals surface area contributed by atoms with Gasteiger partial charge in [-0.25, -0.2) is 16.8 Å². The van der Waals surface area contributed by atoms with E-state index in [1.54, 1.807) is 0 Å². The van der Waals surface area contributed by atoms with Crippen LogP contribution in [0.3, 0.4) is 0 Å². The van der Waals surface area contributed by atoms with Gasteiger partial charge >= 0.3 is 59.1 Å². The fraction of sp³-hybridized carbons (Fsp3) is 0. The summed E-state index contributed by atoms with van der Waals surface area (Å²) in [4.78, 5) is -0.175. The molecular formula is C10H6Na2O4S4. The zero-order chi connectivity index (χ0) is 13.6. The van der Waals surface area contributed by atoms with Gasteiger partial charge in [-0.15, -0.1) is 0 Å². The molecule has 0 saturated carbocycles. The van der Waals surface area contributed by atoms with Crippen molar-refractivity contribution in [3.8, 4) is 0 Å². The molecule has 4 nitrogen and oxygen atoms in total. The number of rotatable bonds is 2. The summed E-state index contributed by atoms with van der Waals surface area (Å²) in [6, 6.07) is 8.54. The van der Waals surface area contributed by atoms with Gasteiger partial charge in [0, 0.05) is 0 Å². The maximum atomic E-state index is 11.4. The van der Waals surface area contributed by atoms with Crippen LogP contribution in [0, 0.1) is 0 Å². The molecule has 0 aliphatic carbocycles. The van der Waals surface area contributed by atoms with Crippen LogP contribution in [0.25, 0.3) is 10.8 Å². The van der Waals surface area contributed by atoms with Crippen molar-refractivity contribution in [1.29, 1.82) is 0 Å². The summed E-state index contributed by atoms with van der Waals surface area (Å²) < 4.78 is 45.8. The Kier molecular flexibility index (Phi) is 8.22. The molecule has 2 rings (SSSR count). The van der Waals surface area contributed by atoms with Crippen LogP contribution in [0.1, 0.15) is 0 Å². The molecule has 0 spiro atoms. The maximum absolute atomic E-state index is 11.4. The summed E-state index contributed by atoms with van der Waals surface area (Å²) in [5.41, 5.74) is 0. The smallest absolute Gasteiger partial charge is 0.644 e. The molecule has 2 aromatic carbocycles. The van der Waals surface area contributed by atoms with Gasteiger partial charge in [-0.3, -0.25) is 0 Å². The summed E-state index contributed by atoms with van der Waals surface area (Å²) in [6.07, 6.45) is 0. The predicted molar refractivity (Wildman–Crippen MR) is 73.0 cm³/mol. The number of fused-ring (bicyclic) bond motifs is 1. The van der Waals surface area contributed by atoms with Gasteiger partial charge in [0.05, 0.1) is 27.5 Å². The SMILES string of the molecule is O=S(=O)([S-])c1cccc2c(S(=O)(=O)[S-])cccc12.[Na+].[Na+]. The molecule has 0 N–H and O–H groups in total. The minimum Gasteiger partial charge on any atom is -0.644 e. The number of hydrogen-bond donors (Lipinski definition) is 0. The van der Waals surface area contributed by atoms with Crippen LogP contribution in [0.5, 0.6) is 0 Å². The Morgan fingerprint density at radius 3 is 1.20 bits per heavy atom. The topological polar surface area (TPSA) is 68.3 Å². The van der Waals surface area contributed by atoms with E-state index in [1.807, 2.05) is 0 Å². The summed E-state index contributed by atoms with van der Waals surface area (Å²) in [6.45, 7) is 0. The van der Waals surface area contributed by atoms with Crippen LogP contribution in [-0.4, -0.2) is 16.8 Å². The molecule has 0 bridgehead atoms. The van der Waals surface area contributed by atoms with Crippen LogP contribution in [-0.2, 0) is 41.1 Å². The zero-order valence-electron chi connectivity index (χ0n) is 10.7. The van der Waals surface area contributed by atoms with Crippen LogP contribution in [0.2, 0.25) is 0 Å². The molecule has 0 aliphatic rings. The second-order valence-corrected chi connectivity index (χ2v) is 8.84. The van der Waals surface area contributed by atoms with Gasteiger partial charge in [-0.1, -0.05) is 24.3 Å². The van der Waals surface area contributed by atoms with Crippen LogP contribution in [0.15, 0.2) is 46.2 Å². The van der Waals surface area contributed by atoms with Gasteiger partial charge in [0.1, 0.15) is 0 Å². The average Bonchev–Trinajstić information content (AvgIpc) is 2.24. The second-order valence-electron chi connectivity index (χ2n) is 3.52. The van der Waals surface area contributed by atoms with Gasteiger partial charge in [-0.2, -0.15) is 0 Å². The van der Waals surface area contributed by atoms with E-state index in [4.69, 9.17) is 0 Å². The van der Waals surface area contributed by atoms with Crippen molar-refractivity contribution in [2.75, 3.05) is 0 Å². The normalized spacial score (nSPS) is 11.5. The Morgan fingerprint density at radius 2 is 0.950 bits per heavy atom. The summed E-state index contributed by atoms with van der Waals surface area (Å²) in [7, 11) is -7.67. The van der Waals surface area contributed by atoms with Crippen LogP contribution < -0.4 is 59.1 Å². The second kappa shape index (κ2) is 7.72. The van der Waals surface area contributed by atoms with Gasteiger partial charge in [-0.05, 0) is 22.9 Å².